The van der Waals surface area contributed by atoms with Gasteiger partial charge in [-0.15, -0.1) is 0 Å². The van der Waals surface area contributed by atoms with Crippen LogP contribution in [0.4, 0.5) is 0 Å². The van der Waals surface area contributed by atoms with Gasteiger partial charge in [0.25, 0.3) is 5.91 Å². The first-order valence-corrected chi connectivity index (χ1v) is 8.05. The molecular formula is C19H22N2O3. The first-order chi connectivity index (χ1) is 11.7. The normalized spacial score (nSPS) is 17.6. The molecule has 2 N–H and O–H groups in total. The first kappa shape index (κ1) is 16.5. The van der Waals surface area contributed by atoms with E-state index in [0.717, 1.165) is 16.9 Å². The van der Waals surface area contributed by atoms with E-state index in [1.165, 1.54) is 0 Å². The maximum atomic E-state index is 12.7. The standard InChI is InChI=1S/C19H22N2O3/c1-23-17-4-2-3-16(11-17)18-13-21(9-10-24-18)19(22)15-7-5-14(12-20)6-8-15/h2-8,11,18H,9-10,12-13,20H2,1H3. The Morgan fingerprint density at radius 1 is 1.29 bits per heavy atom. The molecule has 5 heteroatoms. The number of hydrogen-bond donors (Lipinski definition) is 1. The fourth-order valence-electron chi connectivity index (χ4n) is 2.84. The quantitative estimate of drug-likeness (QED) is 0.937. The van der Waals surface area contributed by atoms with Crippen LogP contribution in [0, 0.1) is 0 Å². The first-order valence-electron chi connectivity index (χ1n) is 8.05. The number of carbonyl (C=O) groups excluding carboxylic acids is 1. The summed E-state index contributed by atoms with van der Waals surface area (Å²) in [4.78, 5) is 14.6. The molecule has 0 radical (unpaired) electrons. The summed E-state index contributed by atoms with van der Waals surface area (Å²) in [6.45, 7) is 2.13. The Hall–Kier alpha value is -2.37. The van der Waals surface area contributed by atoms with Gasteiger partial charge in [0.2, 0.25) is 0 Å². The number of morpholine rings is 1. The van der Waals surface area contributed by atoms with Gasteiger partial charge in [0.1, 0.15) is 11.9 Å². The number of ether oxygens (including phenoxy) is 2. The highest BCUT2D eigenvalue weighted by molar-refractivity contribution is 5.94. The average molecular weight is 326 g/mol. The van der Waals surface area contributed by atoms with Crippen molar-refractivity contribution in [2.75, 3.05) is 26.8 Å². The van der Waals surface area contributed by atoms with Crippen LogP contribution < -0.4 is 10.5 Å². The van der Waals surface area contributed by atoms with E-state index in [-0.39, 0.29) is 12.0 Å². The number of amides is 1. The Kier molecular flexibility index (Phi) is 5.13. The minimum absolute atomic E-state index is 0.0229. The second-order valence-corrected chi connectivity index (χ2v) is 5.79. The Balaban J connectivity index is 1.73. The summed E-state index contributed by atoms with van der Waals surface area (Å²) in [6.07, 6.45) is -0.138. The number of carbonyl (C=O) groups is 1. The molecule has 1 unspecified atom stereocenters. The molecule has 1 aliphatic heterocycles. The Labute approximate surface area is 142 Å². The third-order valence-corrected chi connectivity index (χ3v) is 4.26. The lowest BCUT2D eigenvalue weighted by molar-refractivity contribution is -0.0228. The summed E-state index contributed by atoms with van der Waals surface area (Å²) in [5.74, 6) is 0.812. The van der Waals surface area contributed by atoms with Crippen LogP contribution in [0.25, 0.3) is 0 Å². The molecule has 1 atom stereocenters. The minimum atomic E-state index is -0.138. The van der Waals surface area contributed by atoms with E-state index >= 15 is 0 Å². The van der Waals surface area contributed by atoms with E-state index in [0.29, 0.717) is 31.8 Å². The van der Waals surface area contributed by atoms with Crippen LogP contribution in [0.2, 0.25) is 0 Å². The molecule has 0 bridgehead atoms. The summed E-state index contributed by atoms with van der Waals surface area (Å²) in [5, 5.41) is 0. The molecule has 2 aromatic rings. The smallest absolute Gasteiger partial charge is 0.254 e. The number of methoxy groups -OCH3 is 1. The van der Waals surface area contributed by atoms with Crippen LogP contribution in [0.1, 0.15) is 27.6 Å². The van der Waals surface area contributed by atoms with Crippen molar-refractivity contribution in [2.45, 2.75) is 12.6 Å². The molecule has 5 nitrogen and oxygen atoms in total. The Morgan fingerprint density at radius 3 is 2.79 bits per heavy atom. The van der Waals surface area contributed by atoms with Crippen LogP contribution in [-0.2, 0) is 11.3 Å². The minimum Gasteiger partial charge on any atom is -0.497 e. The zero-order chi connectivity index (χ0) is 16.9. The molecule has 1 aliphatic rings. The number of benzene rings is 2. The van der Waals surface area contributed by atoms with Gasteiger partial charge in [0.15, 0.2) is 0 Å². The molecule has 1 saturated heterocycles. The molecule has 1 fully saturated rings. The summed E-state index contributed by atoms with van der Waals surface area (Å²) < 4.78 is 11.1. The fourth-order valence-corrected chi connectivity index (χ4v) is 2.84. The van der Waals surface area contributed by atoms with E-state index in [1.807, 2.05) is 53.4 Å². The van der Waals surface area contributed by atoms with Gasteiger partial charge >= 0.3 is 0 Å². The van der Waals surface area contributed by atoms with Crippen molar-refractivity contribution in [2.24, 2.45) is 5.73 Å². The van der Waals surface area contributed by atoms with Crippen LogP contribution in [0.3, 0.4) is 0 Å². The van der Waals surface area contributed by atoms with Crippen molar-refractivity contribution >= 4 is 5.91 Å². The maximum absolute atomic E-state index is 12.7. The van der Waals surface area contributed by atoms with E-state index in [4.69, 9.17) is 15.2 Å². The Bertz CT molecular complexity index is 700. The van der Waals surface area contributed by atoms with Crippen LogP contribution in [0.15, 0.2) is 48.5 Å². The number of nitrogens with zero attached hydrogens (tertiary/aromatic N) is 1. The fraction of sp³-hybridized carbons (Fsp3) is 0.316. The van der Waals surface area contributed by atoms with Crippen molar-refractivity contribution in [1.29, 1.82) is 0 Å². The van der Waals surface area contributed by atoms with Gasteiger partial charge in [-0.3, -0.25) is 4.79 Å². The number of hydrogen-bond acceptors (Lipinski definition) is 4. The van der Waals surface area contributed by atoms with Crippen LogP contribution in [-0.4, -0.2) is 37.6 Å². The SMILES string of the molecule is COc1cccc(C2CN(C(=O)c3ccc(CN)cc3)CCO2)c1. The summed E-state index contributed by atoms with van der Waals surface area (Å²) >= 11 is 0. The van der Waals surface area contributed by atoms with Crippen molar-refractivity contribution in [1.82, 2.24) is 4.90 Å². The van der Waals surface area contributed by atoms with Crippen LogP contribution in [0.5, 0.6) is 5.75 Å². The van der Waals surface area contributed by atoms with Crippen molar-refractivity contribution in [3.8, 4) is 5.75 Å². The topological polar surface area (TPSA) is 64.8 Å². The lowest BCUT2D eigenvalue weighted by Crippen LogP contribution is -2.42. The van der Waals surface area contributed by atoms with Gasteiger partial charge < -0.3 is 20.1 Å². The highest BCUT2D eigenvalue weighted by Gasteiger charge is 2.26. The summed E-state index contributed by atoms with van der Waals surface area (Å²) in [7, 11) is 1.64. The molecule has 1 heterocycles. The molecular weight excluding hydrogens is 304 g/mol. The zero-order valence-corrected chi connectivity index (χ0v) is 13.8. The van der Waals surface area contributed by atoms with Gasteiger partial charge in [-0.25, -0.2) is 0 Å². The second kappa shape index (κ2) is 7.47. The lowest BCUT2D eigenvalue weighted by atomic mass is 10.1. The van der Waals surface area contributed by atoms with Crippen molar-refractivity contribution in [3.05, 3.63) is 65.2 Å². The van der Waals surface area contributed by atoms with Gasteiger partial charge in [-0.1, -0.05) is 24.3 Å². The number of nitrogens with two attached hydrogens (primary N) is 1. The highest BCUT2D eigenvalue weighted by atomic mass is 16.5. The summed E-state index contributed by atoms with van der Waals surface area (Å²) in [6, 6.07) is 15.2. The third-order valence-electron chi connectivity index (χ3n) is 4.26. The lowest BCUT2D eigenvalue weighted by Gasteiger charge is -2.33. The van der Waals surface area contributed by atoms with Gasteiger partial charge in [-0.05, 0) is 35.4 Å². The largest absolute Gasteiger partial charge is 0.497 e. The third kappa shape index (κ3) is 3.58. The van der Waals surface area contributed by atoms with E-state index < -0.39 is 0 Å². The van der Waals surface area contributed by atoms with Crippen LogP contribution >= 0.6 is 0 Å². The molecule has 0 spiro atoms. The number of rotatable bonds is 4. The van der Waals surface area contributed by atoms with E-state index in [1.54, 1.807) is 7.11 Å². The molecule has 126 valence electrons. The molecule has 0 saturated carbocycles. The maximum Gasteiger partial charge on any atom is 0.254 e. The molecule has 0 aromatic heterocycles. The Morgan fingerprint density at radius 2 is 2.08 bits per heavy atom. The predicted octanol–water partition coefficient (Wildman–Crippen LogP) is 2.37. The highest BCUT2D eigenvalue weighted by Crippen LogP contribution is 2.26. The summed E-state index contributed by atoms with van der Waals surface area (Å²) in [5.41, 5.74) is 8.32. The molecule has 0 aliphatic carbocycles. The monoisotopic (exact) mass is 326 g/mol. The van der Waals surface area contributed by atoms with Gasteiger partial charge in [0, 0.05) is 18.7 Å². The van der Waals surface area contributed by atoms with Gasteiger partial charge in [0.05, 0.1) is 20.3 Å². The molecule has 24 heavy (non-hydrogen) atoms. The molecule has 1 amide bonds. The van der Waals surface area contributed by atoms with Crippen molar-refractivity contribution in [3.63, 3.8) is 0 Å². The van der Waals surface area contributed by atoms with E-state index in [2.05, 4.69) is 0 Å². The van der Waals surface area contributed by atoms with Gasteiger partial charge in [-0.2, -0.15) is 0 Å². The molecule has 2 aromatic carbocycles. The average Bonchev–Trinajstić information content (AvgIpc) is 2.67. The second-order valence-electron chi connectivity index (χ2n) is 5.79. The van der Waals surface area contributed by atoms with E-state index in [9.17, 15) is 4.79 Å². The predicted molar refractivity (Wildman–Crippen MR) is 91.9 cm³/mol. The van der Waals surface area contributed by atoms with Crippen molar-refractivity contribution < 1.29 is 14.3 Å². The molecule has 3 rings (SSSR count). The zero-order valence-electron chi connectivity index (χ0n) is 13.8.